The van der Waals surface area contributed by atoms with E-state index in [4.69, 9.17) is 34.8 Å². The van der Waals surface area contributed by atoms with Gasteiger partial charge in [0.1, 0.15) is 0 Å². The number of hydrogen-bond donors (Lipinski definition) is 0. The van der Waals surface area contributed by atoms with Crippen LogP contribution in [0.25, 0.3) is 0 Å². The fourth-order valence-corrected chi connectivity index (χ4v) is 1.79. The van der Waals surface area contributed by atoms with Gasteiger partial charge < -0.3 is 0 Å². The van der Waals surface area contributed by atoms with Crippen molar-refractivity contribution >= 4 is 45.0 Å². The molecule has 0 bridgehead atoms. The number of alkyl halides is 3. The van der Waals surface area contributed by atoms with Gasteiger partial charge in [0.05, 0.1) is 5.38 Å². The van der Waals surface area contributed by atoms with Crippen molar-refractivity contribution in [1.82, 2.24) is 0 Å². The summed E-state index contributed by atoms with van der Waals surface area (Å²) in [5.41, 5.74) is 0. The molecule has 0 radical (unpaired) electrons. The number of hydrogen-bond acceptors (Lipinski definition) is 0. The second-order valence-electron chi connectivity index (χ2n) is 1.59. The summed E-state index contributed by atoms with van der Waals surface area (Å²) >= 11 is 16.8. The van der Waals surface area contributed by atoms with E-state index in [0.29, 0.717) is 5.88 Å². The van der Waals surface area contributed by atoms with E-state index in [1.165, 1.54) is 0 Å². The highest BCUT2D eigenvalue weighted by Crippen LogP contribution is 2.13. The Morgan fingerprint density at radius 1 is 1.25 bits per heavy atom. The van der Waals surface area contributed by atoms with Crippen molar-refractivity contribution in [1.29, 1.82) is 0 Å². The molecule has 0 fully saturated rings. The molecule has 0 N–H and O–H groups in total. The quantitative estimate of drug-likeness (QED) is 0.465. The van der Waals surface area contributed by atoms with Crippen LogP contribution in [0.15, 0.2) is 0 Å². The van der Waals surface area contributed by atoms with Crippen LogP contribution in [0, 0.1) is 0 Å². The van der Waals surface area contributed by atoms with Crippen molar-refractivity contribution in [3.8, 4) is 0 Å². The molecule has 0 rings (SSSR count). The molecule has 4 heteroatoms. The van der Waals surface area contributed by atoms with E-state index in [0.717, 1.165) is 16.3 Å². The molecule has 0 aliphatic rings. The first kappa shape index (κ1) is 9.09. The van der Waals surface area contributed by atoms with Gasteiger partial charge in [-0.15, -0.1) is 34.8 Å². The number of halogens is 3. The monoisotopic (exact) mass is 190 g/mol. The predicted octanol–water partition coefficient (Wildman–Crippen LogP) is 1.22. The summed E-state index contributed by atoms with van der Waals surface area (Å²) in [5.74, 6) is 0.456. The molecule has 0 aromatic carbocycles. The van der Waals surface area contributed by atoms with Gasteiger partial charge in [-0.3, -0.25) is 0 Å². The highest BCUT2D eigenvalue weighted by molar-refractivity contribution is 6.35. The topological polar surface area (TPSA) is 0 Å². The first-order valence-electron chi connectivity index (χ1n) is 2.56. The Morgan fingerprint density at radius 3 is 1.88 bits per heavy atom. The predicted molar refractivity (Wildman–Crippen MR) is 44.7 cm³/mol. The highest BCUT2D eigenvalue weighted by Gasteiger charge is 2.11. The molecule has 0 amide bonds. The van der Waals surface area contributed by atoms with Crippen LogP contribution in [-0.2, 0) is 0 Å². The molecule has 0 spiro atoms. The average Bonchev–Trinajstić information content (AvgIpc) is 1.84. The van der Waals surface area contributed by atoms with Gasteiger partial charge in [0.15, 0.2) is 0 Å². The molecule has 8 heavy (non-hydrogen) atoms. The van der Waals surface area contributed by atoms with Gasteiger partial charge >= 0.3 is 0 Å². The first-order chi connectivity index (χ1) is 3.72. The maximum atomic E-state index is 5.73. The van der Waals surface area contributed by atoms with E-state index in [1.807, 2.05) is 0 Å². The standard InChI is InChI=1S/C4H9Cl3Si/c5-1-3(6)4(7)2-8/h3-4H,1-2H2,8H3. The van der Waals surface area contributed by atoms with Crippen LogP contribution >= 0.6 is 34.8 Å². The second-order valence-corrected chi connectivity index (χ2v) is 3.84. The minimum atomic E-state index is -0.0455. The Balaban J connectivity index is 3.29. The lowest BCUT2D eigenvalue weighted by molar-refractivity contribution is 0.909. The Hall–Kier alpha value is 1.09. The molecular weight excluding hydrogens is 182 g/mol. The van der Waals surface area contributed by atoms with Crippen LogP contribution in [-0.4, -0.2) is 26.9 Å². The fourth-order valence-electron chi connectivity index (χ4n) is 0.352. The maximum Gasteiger partial charge on any atom is 0.0631 e. The molecule has 2 unspecified atom stereocenters. The zero-order valence-corrected chi connectivity index (χ0v) is 8.97. The van der Waals surface area contributed by atoms with Crippen molar-refractivity contribution in [2.24, 2.45) is 0 Å². The van der Waals surface area contributed by atoms with Crippen LogP contribution in [0.2, 0.25) is 6.04 Å². The fraction of sp³-hybridized carbons (Fsp3) is 1.00. The van der Waals surface area contributed by atoms with Crippen LogP contribution < -0.4 is 0 Å². The summed E-state index contributed by atoms with van der Waals surface area (Å²) in [6, 6.07) is 1.02. The van der Waals surface area contributed by atoms with Crippen LogP contribution in [0.1, 0.15) is 0 Å². The van der Waals surface area contributed by atoms with Crippen LogP contribution in [0.5, 0.6) is 0 Å². The lowest BCUT2D eigenvalue weighted by atomic mass is 10.4. The third-order valence-electron chi connectivity index (χ3n) is 0.930. The Morgan fingerprint density at radius 2 is 1.75 bits per heavy atom. The normalized spacial score (nSPS) is 18.4. The Bertz CT molecular complexity index is 51.2. The second kappa shape index (κ2) is 4.92. The van der Waals surface area contributed by atoms with Crippen molar-refractivity contribution in [2.45, 2.75) is 16.8 Å². The van der Waals surface area contributed by atoms with Crippen molar-refractivity contribution < 1.29 is 0 Å². The van der Waals surface area contributed by atoms with Crippen molar-refractivity contribution in [3.05, 3.63) is 0 Å². The van der Waals surface area contributed by atoms with Gasteiger partial charge in [-0.1, -0.05) is 0 Å². The SMILES string of the molecule is [SiH3]CC(Cl)C(Cl)CCl. The van der Waals surface area contributed by atoms with E-state index in [2.05, 4.69) is 0 Å². The van der Waals surface area contributed by atoms with Gasteiger partial charge in [-0.25, -0.2) is 0 Å². The van der Waals surface area contributed by atoms with E-state index in [-0.39, 0.29) is 10.8 Å². The van der Waals surface area contributed by atoms with Gasteiger partial charge in [-0.2, -0.15) is 0 Å². The first-order valence-corrected chi connectivity index (χ1v) is 5.38. The van der Waals surface area contributed by atoms with E-state index in [1.54, 1.807) is 0 Å². The molecule has 0 aromatic rings. The highest BCUT2D eigenvalue weighted by atomic mass is 35.5. The molecule has 2 atom stereocenters. The average molecular weight is 192 g/mol. The minimum absolute atomic E-state index is 0.0455. The Labute approximate surface area is 67.9 Å². The maximum absolute atomic E-state index is 5.73. The third-order valence-corrected chi connectivity index (χ3v) is 4.02. The van der Waals surface area contributed by atoms with Crippen molar-refractivity contribution in [3.63, 3.8) is 0 Å². The lowest BCUT2D eigenvalue weighted by Gasteiger charge is -2.08. The summed E-state index contributed by atoms with van der Waals surface area (Å²) in [7, 11) is 1.10. The molecule has 0 saturated carbocycles. The van der Waals surface area contributed by atoms with Gasteiger partial charge in [-0.05, 0) is 6.04 Å². The van der Waals surface area contributed by atoms with Crippen LogP contribution in [0.4, 0.5) is 0 Å². The van der Waals surface area contributed by atoms with E-state index >= 15 is 0 Å². The Kier molecular flexibility index (Phi) is 5.59. The molecule has 0 heterocycles. The molecule has 50 valence electrons. The summed E-state index contributed by atoms with van der Waals surface area (Å²) < 4.78 is 0. The lowest BCUT2D eigenvalue weighted by Crippen LogP contribution is -2.15. The molecule has 0 saturated heterocycles. The summed E-state index contributed by atoms with van der Waals surface area (Å²) in [4.78, 5) is 0. The molecule has 0 aromatic heterocycles. The summed E-state index contributed by atoms with van der Waals surface area (Å²) in [6.07, 6.45) is 0. The summed E-state index contributed by atoms with van der Waals surface area (Å²) in [6.45, 7) is 0. The van der Waals surface area contributed by atoms with Crippen LogP contribution in [0.3, 0.4) is 0 Å². The largest absolute Gasteiger partial charge is 0.125 e. The van der Waals surface area contributed by atoms with Gasteiger partial charge in [0.2, 0.25) is 0 Å². The van der Waals surface area contributed by atoms with Crippen molar-refractivity contribution in [2.75, 3.05) is 5.88 Å². The summed E-state index contributed by atoms with van der Waals surface area (Å²) in [5, 5.41) is 0.0386. The molecule has 0 aliphatic carbocycles. The van der Waals surface area contributed by atoms with E-state index < -0.39 is 0 Å². The zero-order valence-electron chi connectivity index (χ0n) is 4.70. The zero-order chi connectivity index (χ0) is 6.57. The molecule has 0 aliphatic heterocycles. The van der Waals surface area contributed by atoms with Gasteiger partial charge in [0.25, 0.3) is 0 Å². The smallest absolute Gasteiger partial charge is 0.0631 e. The third kappa shape index (κ3) is 3.18. The minimum Gasteiger partial charge on any atom is -0.125 e. The van der Waals surface area contributed by atoms with E-state index in [9.17, 15) is 0 Å². The van der Waals surface area contributed by atoms with Gasteiger partial charge in [0, 0.05) is 21.5 Å². The molecule has 0 nitrogen and oxygen atoms in total. The number of rotatable bonds is 3. The molecular formula is C4H9Cl3Si.